The van der Waals surface area contributed by atoms with Crippen molar-refractivity contribution in [3.05, 3.63) is 84.8 Å². The molecule has 1 aliphatic heterocycles. The van der Waals surface area contributed by atoms with Crippen LogP contribution in [0.15, 0.2) is 77.8 Å². The van der Waals surface area contributed by atoms with E-state index >= 15 is 0 Å². The van der Waals surface area contributed by atoms with Crippen molar-refractivity contribution >= 4 is 10.9 Å². The van der Waals surface area contributed by atoms with Gasteiger partial charge in [0.25, 0.3) is 0 Å². The molecule has 0 bridgehead atoms. The molecule has 0 saturated carbocycles. The van der Waals surface area contributed by atoms with E-state index in [1.807, 2.05) is 24.3 Å². The Morgan fingerprint density at radius 2 is 1.94 bits per heavy atom. The Kier molecular flexibility index (Phi) is 4.73. The van der Waals surface area contributed by atoms with Crippen molar-refractivity contribution in [3.63, 3.8) is 0 Å². The first-order valence-electron chi connectivity index (χ1n) is 10.8. The molecule has 1 saturated heterocycles. The average Bonchev–Trinajstić information content (AvgIpc) is 3.60. The number of H-pyrrole nitrogens is 1. The molecule has 1 atom stereocenters. The van der Waals surface area contributed by atoms with Crippen LogP contribution >= 0.6 is 0 Å². The van der Waals surface area contributed by atoms with E-state index < -0.39 is 0 Å². The number of nitrogens with zero attached hydrogens (tertiary/aromatic N) is 5. The van der Waals surface area contributed by atoms with Crippen molar-refractivity contribution in [1.82, 2.24) is 30.0 Å². The minimum atomic E-state index is 0.133. The van der Waals surface area contributed by atoms with Gasteiger partial charge in [-0.3, -0.25) is 14.9 Å². The second-order valence-corrected chi connectivity index (χ2v) is 8.11. The van der Waals surface area contributed by atoms with Gasteiger partial charge in [-0.1, -0.05) is 23.4 Å². The highest BCUT2D eigenvalue weighted by Crippen LogP contribution is 2.34. The van der Waals surface area contributed by atoms with Crippen LogP contribution < -0.4 is 0 Å². The highest BCUT2D eigenvalue weighted by Gasteiger charge is 2.31. The second kappa shape index (κ2) is 8.01. The molecule has 0 spiro atoms. The molecule has 5 heterocycles. The van der Waals surface area contributed by atoms with Crippen LogP contribution in [0.3, 0.4) is 0 Å². The third kappa shape index (κ3) is 3.46. The van der Waals surface area contributed by atoms with Crippen LogP contribution in [-0.2, 0) is 6.54 Å². The fraction of sp³-hybridized carbons (Fsp3) is 0.200. The SMILES string of the molecule is c1ccc2c(CN3CCCC3c3nc(-c4ccc(-c5ccncc5)nc4)no3)c[nH]c2c1. The summed E-state index contributed by atoms with van der Waals surface area (Å²) in [5, 5.41) is 5.51. The quantitative estimate of drug-likeness (QED) is 0.429. The topological polar surface area (TPSA) is 83.7 Å². The molecule has 1 fully saturated rings. The molecular formula is C25H22N6O. The first-order chi connectivity index (χ1) is 15.8. The summed E-state index contributed by atoms with van der Waals surface area (Å²) in [6.07, 6.45) is 9.56. The summed E-state index contributed by atoms with van der Waals surface area (Å²) in [6, 6.07) is 16.4. The van der Waals surface area contributed by atoms with Crippen molar-refractivity contribution in [2.24, 2.45) is 0 Å². The highest BCUT2D eigenvalue weighted by molar-refractivity contribution is 5.83. The van der Waals surface area contributed by atoms with E-state index in [1.54, 1.807) is 18.6 Å². The number of pyridine rings is 2. The lowest BCUT2D eigenvalue weighted by molar-refractivity contribution is 0.202. The van der Waals surface area contributed by atoms with Gasteiger partial charge in [-0.15, -0.1) is 0 Å². The Labute approximate surface area is 185 Å². The first-order valence-corrected chi connectivity index (χ1v) is 10.8. The Hall–Kier alpha value is -3.84. The summed E-state index contributed by atoms with van der Waals surface area (Å²) < 4.78 is 5.71. The molecule has 4 aromatic heterocycles. The van der Waals surface area contributed by atoms with Crippen LogP contribution in [-0.4, -0.2) is 36.5 Å². The molecule has 6 rings (SSSR count). The number of rotatable bonds is 5. The molecule has 0 aliphatic carbocycles. The van der Waals surface area contributed by atoms with Gasteiger partial charge in [0, 0.05) is 53.4 Å². The zero-order valence-corrected chi connectivity index (χ0v) is 17.5. The van der Waals surface area contributed by atoms with Gasteiger partial charge in [0.1, 0.15) is 0 Å². The number of benzene rings is 1. The number of hydrogen-bond donors (Lipinski definition) is 1. The van der Waals surface area contributed by atoms with Crippen LogP contribution in [0.25, 0.3) is 33.5 Å². The number of aromatic amines is 1. The minimum absolute atomic E-state index is 0.133. The van der Waals surface area contributed by atoms with Crippen molar-refractivity contribution in [3.8, 4) is 22.6 Å². The molecule has 0 radical (unpaired) electrons. The fourth-order valence-corrected chi connectivity index (χ4v) is 4.48. The maximum absolute atomic E-state index is 5.71. The number of nitrogens with one attached hydrogen (secondary N) is 1. The van der Waals surface area contributed by atoms with E-state index in [0.29, 0.717) is 11.7 Å². The van der Waals surface area contributed by atoms with E-state index in [2.05, 4.69) is 55.5 Å². The van der Waals surface area contributed by atoms with Crippen LogP contribution in [0.2, 0.25) is 0 Å². The smallest absolute Gasteiger partial charge is 0.244 e. The zero-order chi connectivity index (χ0) is 21.3. The van der Waals surface area contributed by atoms with E-state index in [0.717, 1.165) is 42.8 Å². The second-order valence-electron chi connectivity index (χ2n) is 8.11. The lowest BCUT2D eigenvalue weighted by Gasteiger charge is -2.21. The molecule has 7 heteroatoms. The van der Waals surface area contributed by atoms with Gasteiger partial charge in [-0.25, -0.2) is 0 Å². The van der Waals surface area contributed by atoms with Gasteiger partial charge in [0.15, 0.2) is 0 Å². The van der Waals surface area contributed by atoms with E-state index in [1.165, 1.54) is 16.5 Å². The van der Waals surface area contributed by atoms with Crippen LogP contribution in [0.5, 0.6) is 0 Å². The number of aromatic nitrogens is 5. The average molecular weight is 422 g/mol. The first kappa shape index (κ1) is 18.9. The molecular weight excluding hydrogens is 400 g/mol. The molecule has 1 aliphatic rings. The molecule has 7 nitrogen and oxygen atoms in total. The third-order valence-corrected chi connectivity index (χ3v) is 6.14. The molecule has 1 N–H and O–H groups in total. The molecule has 1 aromatic carbocycles. The van der Waals surface area contributed by atoms with E-state index in [-0.39, 0.29) is 6.04 Å². The molecule has 5 aromatic rings. The lowest BCUT2D eigenvalue weighted by Crippen LogP contribution is -2.22. The van der Waals surface area contributed by atoms with E-state index in [9.17, 15) is 0 Å². The van der Waals surface area contributed by atoms with Crippen molar-refractivity contribution in [2.75, 3.05) is 6.54 Å². The van der Waals surface area contributed by atoms with Gasteiger partial charge in [-0.05, 0) is 55.3 Å². The van der Waals surface area contributed by atoms with Gasteiger partial charge < -0.3 is 9.51 Å². The standard InChI is InChI=1S/C25H22N6O/c1-2-5-22-20(4-1)19(15-28-22)16-31-13-3-6-23(31)25-29-24(30-32-25)18-7-8-21(27-14-18)17-9-11-26-12-10-17/h1-2,4-5,7-12,14-15,23,28H,3,6,13,16H2. The fourth-order valence-electron chi connectivity index (χ4n) is 4.48. The summed E-state index contributed by atoms with van der Waals surface area (Å²) in [7, 11) is 0. The maximum Gasteiger partial charge on any atom is 0.244 e. The maximum atomic E-state index is 5.71. The number of likely N-dealkylation sites (tertiary alicyclic amines) is 1. The molecule has 32 heavy (non-hydrogen) atoms. The van der Waals surface area contributed by atoms with Gasteiger partial charge in [0.2, 0.25) is 11.7 Å². The molecule has 158 valence electrons. The zero-order valence-electron chi connectivity index (χ0n) is 17.5. The Balaban J connectivity index is 1.22. The summed E-state index contributed by atoms with van der Waals surface area (Å²) in [6.45, 7) is 1.87. The Morgan fingerprint density at radius 1 is 1.03 bits per heavy atom. The van der Waals surface area contributed by atoms with Crippen LogP contribution in [0, 0.1) is 0 Å². The number of hydrogen-bond acceptors (Lipinski definition) is 6. The van der Waals surface area contributed by atoms with Crippen molar-refractivity contribution in [1.29, 1.82) is 0 Å². The molecule has 1 unspecified atom stereocenters. The van der Waals surface area contributed by atoms with Crippen LogP contribution in [0.1, 0.15) is 30.3 Å². The summed E-state index contributed by atoms with van der Waals surface area (Å²) in [5.41, 5.74) is 5.22. The number of para-hydroxylation sites is 1. The summed E-state index contributed by atoms with van der Waals surface area (Å²) >= 11 is 0. The predicted octanol–water partition coefficient (Wildman–Crippen LogP) is 5.01. The van der Waals surface area contributed by atoms with Gasteiger partial charge >= 0.3 is 0 Å². The monoisotopic (exact) mass is 422 g/mol. The highest BCUT2D eigenvalue weighted by atomic mass is 16.5. The third-order valence-electron chi connectivity index (χ3n) is 6.14. The largest absolute Gasteiger partial charge is 0.361 e. The van der Waals surface area contributed by atoms with Crippen molar-refractivity contribution < 1.29 is 4.52 Å². The Bertz CT molecular complexity index is 1340. The van der Waals surface area contributed by atoms with E-state index in [4.69, 9.17) is 9.51 Å². The molecule has 0 amide bonds. The predicted molar refractivity (Wildman–Crippen MR) is 121 cm³/mol. The van der Waals surface area contributed by atoms with Crippen LogP contribution in [0.4, 0.5) is 0 Å². The summed E-state index contributed by atoms with van der Waals surface area (Å²) in [4.78, 5) is 19.1. The van der Waals surface area contributed by atoms with Gasteiger partial charge in [-0.2, -0.15) is 4.98 Å². The van der Waals surface area contributed by atoms with Gasteiger partial charge in [0.05, 0.1) is 11.7 Å². The Morgan fingerprint density at radius 3 is 2.81 bits per heavy atom. The number of fused-ring (bicyclic) bond motifs is 1. The minimum Gasteiger partial charge on any atom is -0.361 e. The van der Waals surface area contributed by atoms with Crippen molar-refractivity contribution in [2.45, 2.75) is 25.4 Å². The lowest BCUT2D eigenvalue weighted by atomic mass is 10.1. The summed E-state index contributed by atoms with van der Waals surface area (Å²) in [5.74, 6) is 1.25. The normalized spacial score (nSPS) is 16.7.